The van der Waals surface area contributed by atoms with Gasteiger partial charge in [-0.05, 0) is 77.0 Å². The van der Waals surface area contributed by atoms with E-state index in [1.54, 1.807) is 0 Å². The van der Waals surface area contributed by atoms with E-state index in [0.717, 1.165) is 44.9 Å². The minimum absolute atomic E-state index is 0.133. The third-order valence-corrected chi connectivity index (χ3v) is 8.49. The molecule has 50 heavy (non-hydrogen) atoms. The van der Waals surface area contributed by atoms with Crippen LogP contribution in [0, 0.1) is 0 Å². The van der Waals surface area contributed by atoms with Gasteiger partial charge in [-0.1, -0.05) is 139 Å². The first-order chi connectivity index (χ1) is 24.3. The van der Waals surface area contributed by atoms with Gasteiger partial charge >= 0.3 is 19.8 Å². The summed E-state index contributed by atoms with van der Waals surface area (Å²) in [7, 11) is -4.77. The van der Waals surface area contributed by atoms with Gasteiger partial charge in [0.05, 0.1) is 6.61 Å². The first-order valence-corrected chi connectivity index (χ1v) is 21.1. The molecule has 0 aromatic heterocycles. The predicted octanol–water partition coefficient (Wildman–Crippen LogP) is 11.7. The van der Waals surface area contributed by atoms with Gasteiger partial charge in [-0.25, -0.2) is 4.57 Å². The lowest BCUT2D eigenvalue weighted by atomic mass is 10.1. The van der Waals surface area contributed by atoms with E-state index in [9.17, 15) is 14.2 Å². The highest BCUT2D eigenvalue weighted by molar-refractivity contribution is 7.46. The summed E-state index contributed by atoms with van der Waals surface area (Å²) in [6.45, 7) is 3.58. The van der Waals surface area contributed by atoms with Crippen molar-refractivity contribution >= 4 is 19.8 Å². The zero-order valence-corrected chi connectivity index (χ0v) is 32.4. The van der Waals surface area contributed by atoms with Gasteiger partial charge in [-0.3, -0.25) is 14.1 Å². The van der Waals surface area contributed by atoms with Crippen molar-refractivity contribution in [3.05, 3.63) is 60.8 Å². The fraction of sp³-hybridized carbons (Fsp3) is 0.707. The van der Waals surface area contributed by atoms with Gasteiger partial charge in [0.25, 0.3) is 0 Å². The normalized spacial score (nSPS) is 13.1. The highest BCUT2D eigenvalue weighted by Gasteiger charge is 2.22. The number of hydrogen-bond donors (Lipinski definition) is 2. The molecule has 0 aliphatic heterocycles. The predicted molar refractivity (Wildman–Crippen MR) is 207 cm³/mol. The van der Waals surface area contributed by atoms with Crippen molar-refractivity contribution in [3.8, 4) is 0 Å². The fourth-order valence-electron chi connectivity index (χ4n) is 5.06. The monoisotopic (exact) mass is 722 g/mol. The number of rotatable bonds is 35. The van der Waals surface area contributed by atoms with Crippen LogP contribution in [0.25, 0.3) is 0 Å². The smallest absolute Gasteiger partial charge is 0.462 e. The molecular weight excluding hydrogens is 651 g/mol. The molecule has 0 saturated heterocycles. The van der Waals surface area contributed by atoms with Crippen molar-refractivity contribution in [3.63, 3.8) is 0 Å². The Morgan fingerprint density at radius 1 is 0.520 bits per heavy atom. The maximum absolute atomic E-state index is 12.4. The van der Waals surface area contributed by atoms with Crippen LogP contribution in [0.2, 0.25) is 0 Å². The zero-order chi connectivity index (χ0) is 36.8. The molecule has 2 N–H and O–H groups in total. The van der Waals surface area contributed by atoms with Crippen molar-refractivity contribution in [1.29, 1.82) is 0 Å². The molecule has 0 fully saturated rings. The Kier molecular flexibility index (Phi) is 34.9. The molecule has 0 bridgehead atoms. The number of phosphoric ester groups is 1. The summed E-state index contributed by atoms with van der Waals surface area (Å²) >= 11 is 0. The van der Waals surface area contributed by atoms with Crippen molar-refractivity contribution in [2.45, 2.75) is 174 Å². The standard InChI is InChI=1S/C41H71O8P/c1-3-5-7-9-11-13-15-17-19-20-22-24-26-28-30-32-34-36-41(43)49-39(38-48-50(44,45)46)37-47-40(42)35-33-31-29-27-25-23-21-18-16-14-12-10-8-6-4-2/h11,13-14,16-17,19,22,24,28,30,39H,3-10,12,15,18,20-21,23,25-27,29,31-38H2,1-2H3,(H2,44,45,46)/b13-11-,16-14-,19-17-,24-22-,30-28-/t39-/m1/s1. The number of phosphoric acid groups is 1. The van der Waals surface area contributed by atoms with Gasteiger partial charge < -0.3 is 19.3 Å². The van der Waals surface area contributed by atoms with E-state index in [-0.39, 0.29) is 19.4 Å². The maximum atomic E-state index is 12.4. The molecule has 0 spiro atoms. The van der Waals surface area contributed by atoms with Crippen LogP contribution in [0.5, 0.6) is 0 Å². The van der Waals surface area contributed by atoms with Gasteiger partial charge in [0.2, 0.25) is 0 Å². The molecular formula is C41H71O8P. The van der Waals surface area contributed by atoms with Crippen LogP contribution in [0.15, 0.2) is 60.8 Å². The molecule has 0 unspecified atom stereocenters. The second-order valence-corrected chi connectivity index (χ2v) is 14.1. The quantitative estimate of drug-likeness (QED) is 0.0287. The number of unbranched alkanes of at least 4 members (excludes halogenated alkanes) is 15. The van der Waals surface area contributed by atoms with E-state index >= 15 is 0 Å². The average Bonchev–Trinajstić information content (AvgIpc) is 3.08. The number of carbonyl (C=O) groups is 2. The molecule has 1 atom stereocenters. The van der Waals surface area contributed by atoms with Crippen molar-refractivity contribution in [1.82, 2.24) is 0 Å². The summed E-state index contributed by atoms with van der Waals surface area (Å²) in [4.78, 5) is 42.7. The molecule has 0 radical (unpaired) electrons. The highest BCUT2D eigenvalue weighted by Crippen LogP contribution is 2.36. The van der Waals surface area contributed by atoms with E-state index in [4.69, 9.17) is 19.3 Å². The van der Waals surface area contributed by atoms with Gasteiger partial charge in [-0.2, -0.15) is 0 Å². The lowest BCUT2D eigenvalue weighted by molar-refractivity contribution is -0.161. The molecule has 0 saturated carbocycles. The molecule has 0 aliphatic rings. The molecule has 0 aromatic carbocycles. The van der Waals surface area contributed by atoms with Crippen LogP contribution < -0.4 is 0 Å². The largest absolute Gasteiger partial charge is 0.469 e. The second kappa shape index (κ2) is 36.5. The van der Waals surface area contributed by atoms with Crippen LogP contribution in [0.3, 0.4) is 0 Å². The lowest BCUT2D eigenvalue weighted by Gasteiger charge is -2.18. The van der Waals surface area contributed by atoms with E-state index in [0.29, 0.717) is 19.3 Å². The summed E-state index contributed by atoms with van der Waals surface area (Å²) in [5.74, 6) is -0.959. The summed E-state index contributed by atoms with van der Waals surface area (Å²) in [6.07, 6.45) is 45.1. The first-order valence-electron chi connectivity index (χ1n) is 19.6. The summed E-state index contributed by atoms with van der Waals surface area (Å²) in [6, 6.07) is 0. The minimum Gasteiger partial charge on any atom is -0.462 e. The SMILES string of the molecule is CCCCC/C=C\C/C=C\C/C=C\C/C=C\CCCC(=O)O[C@H](COC(=O)CCCCCCCCC/C=C\CCCCCC)COP(=O)(O)O. The third-order valence-electron chi connectivity index (χ3n) is 8.01. The zero-order valence-electron chi connectivity index (χ0n) is 31.5. The lowest BCUT2D eigenvalue weighted by Crippen LogP contribution is -2.29. The number of ether oxygens (including phenoxy) is 2. The Hall–Kier alpha value is -2.25. The Labute approximate surface area is 305 Å². The van der Waals surface area contributed by atoms with E-state index in [1.165, 1.54) is 77.0 Å². The molecule has 0 aromatic rings. The Bertz CT molecular complexity index is 995. The molecule has 0 aliphatic carbocycles. The number of esters is 2. The average molecular weight is 723 g/mol. The molecule has 8 nitrogen and oxygen atoms in total. The molecule has 0 heterocycles. The van der Waals surface area contributed by atoms with E-state index in [2.05, 4.69) is 73.1 Å². The topological polar surface area (TPSA) is 119 Å². The summed E-state index contributed by atoms with van der Waals surface area (Å²) in [5.41, 5.74) is 0. The van der Waals surface area contributed by atoms with Crippen molar-refractivity contribution in [2.24, 2.45) is 0 Å². The number of allylic oxidation sites excluding steroid dienone is 10. The van der Waals surface area contributed by atoms with Gasteiger partial charge in [0.15, 0.2) is 6.10 Å². The maximum Gasteiger partial charge on any atom is 0.469 e. The molecule has 0 amide bonds. The third kappa shape index (κ3) is 38.6. The van der Waals surface area contributed by atoms with Crippen LogP contribution in [0.4, 0.5) is 0 Å². The summed E-state index contributed by atoms with van der Waals surface area (Å²) < 4.78 is 26.3. The van der Waals surface area contributed by atoms with Crippen LogP contribution in [0.1, 0.15) is 168 Å². The summed E-state index contributed by atoms with van der Waals surface area (Å²) in [5, 5.41) is 0. The van der Waals surface area contributed by atoms with Crippen LogP contribution >= 0.6 is 7.82 Å². The Balaban J connectivity index is 4.07. The van der Waals surface area contributed by atoms with Crippen molar-refractivity contribution < 1.29 is 37.9 Å². The van der Waals surface area contributed by atoms with E-state index in [1.807, 2.05) is 6.08 Å². The second-order valence-electron chi connectivity index (χ2n) is 12.9. The molecule has 0 rings (SSSR count). The fourth-order valence-corrected chi connectivity index (χ4v) is 5.42. The first kappa shape index (κ1) is 47.8. The van der Waals surface area contributed by atoms with Gasteiger partial charge in [0, 0.05) is 12.8 Å². The van der Waals surface area contributed by atoms with Crippen LogP contribution in [-0.2, 0) is 28.2 Å². The van der Waals surface area contributed by atoms with Crippen molar-refractivity contribution in [2.75, 3.05) is 13.2 Å². The van der Waals surface area contributed by atoms with E-state index < -0.39 is 32.5 Å². The highest BCUT2D eigenvalue weighted by atomic mass is 31.2. The van der Waals surface area contributed by atoms with Gasteiger partial charge in [-0.15, -0.1) is 0 Å². The number of hydrogen-bond acceptors (Lipinski definition) is 6. The Morgan fingerprint density at radius 2 is 0.920 bits per heavy atom. The van der Waals surface area contributed by atoms with Gasteiger partial charge in [0.1, 0.15) is 6.61 Å². The Morgan fingerprint density at radius 3 is 1.46 bits per heavy atom. The molecule has 9 heteroatoms. The molecule has 288 valence electrons. The van der Waals surface area contributed by atoms with Crippen LogP contribution in [-0.4, -0.2) is 41.0 Å². The minimum atomic E-state index is -4.77. The number of carbonyl (C=O) groups excluding carboxylic acids is 2.